The second kappa shape index (κ2) is 5.86. The van der Waals surface area contributed by atoms with Gasteiger partial charge in [-0.1, -0.05) is 12.1 Å². The van der Waals surface area contributed by atoms with Gasteiger partial charge >= 0.3 is 0 Å². The lowest BCUT2D eigenvalue weighted by atomic mass is 10.2. The number of halogens is 1. The minimum atomic E-state index is -0.367. The van der Waals surface area contributed by atoms with Gasteiger partial charge in [-0.15, -0.1) is 0 Å². The molecule has 0 saturated heterocycles. The molecule has 4 nitrogen and oxygen atoms in total. The third-order valence-corrected chi connectivity index (χ3v) is 2.92. The molecule has 1 aromatic carbocycles. The third-order valence-electron chi connectivity index (χ3n) is 2.92. The standard InChI is InChI=1S/C15H18FN3O/c1-5-17-14-10(3)15(19-11(4)18-14)20-12-8-6-7-9(2)13(12)16/h6-8H,5H2,1-4H3,(H,17,18,19). The third kappa shape index (κ3) is 2.87. The van der Waals surface area contributed by atoms with Gasteiger partial charge in [0.1, 0.15) is 11.6 Å². The molecule has 0 unspecified atom stereocenters. The zero-order chi connectivity index (χ0) is 14.7. The molecular formula is C15H18FN3O. The van der Waals surface area contributed by atoms with E-state index >= 15 is 0 Å². The predicted molar refractivity (Wildman–Crippen MR) is 76.9 cm³/mol. The van der Waals surface area contributed by atoms with Crippen molar-refractivity contribution < 1.29 is 9.13 Å². The second-order valence-corrected chi connectivity index (χ2v) is 4.57. The number of ether oxygens (including phenoxy) is 1. The van der Waals surface area contributed by atoms with Crippen molar-refractivity contribution in [1.29, 1.82) is 0 Å². The zero-order valence-electron chi connectivity index (χ0n) is 12.1. The Morgan fingerprint density at radius 3 is 2.65 bits per heavy atom. The number of nitrogens with one attached hydrogen (secondary N) is 1. The van der Waals surface area contributed by atoms with Crippen molar-refractivity contribution in [2.24, 2.45) is 0 Å². The summed E-state index contributed by atoms with van der Waals surface area (Å²) in [5, 5.41) is 3.14. The van der Waals surface area contributed by atoms with Crippen LogP contribution in [0.4, 0.5) is 10.2 Å². The summed E-state index contributed by atoms with van der Waals surface area (Å²) < 4.78 is 19.6. The SMILES string of the molecule is CCNc1nc(C)nc(Oc2cccc(C)c2F)c1C. The van der Waals surface area contributed by atoms with Gasteiger partial charge in [0, 0.05) is 6.54 Å². The molecule has 0 fully saturated rings. The Bertz CT molecular complexity index is 629. The molecule has 0 spiro atoms. The number of benzene rings is 1. The Morgan fingerprint density at radius 2 is 1.95 bits per heavy atom. The molecule has 0 atom stereocenters. The molecule has 1 N–H and O–H groups in total. The molecule has 2 aromatic rings. The first kappa shape index (κ1) is 14.2. The fourth-order valence-electron chi connectivity index (χ4n) is 1.85. The molecule has 0 aliphatic heterocycles. The van der Waals surface area contributed by atoms with Gasteiger partial charge in [0.05, 0.1) is 5.56 Å². The fourth-order valence-corrected chi connectivity index (χ4v) is 1.85. The van der Waals surface area contributed by atoms with Gasteiger partial charge in [0.25, 0.3) is 0 Å². The van der Waals surface area contributed by atoms with Gasteiger partial charge in [-0.25, -0.2) is 9.37 Å². The molecule has 0 radical (unpaired) electrons. The lowest BCUT2D eigenvalue weighted by molar-refractivity contribution is 0.420. The van der Waals surface area contributed by atoms with Crippen LogP contribution in [0.5, 0.6) is 11.6 Å². The number of nitrogens with zero attached hydrogens (tertiary/aromatic N) is 2. The number of aromatic nitrogens is 2. The molecule has 0 amide bonds. The maximum absolute atomic E-state index is 14.0. The van der Waals surface area contributed by atoms with Crippen LogP contribution in [0.1, 0.15) is 23.9 Å². The minimum absolute atomic E-state index is 0.175. The highest BCUT2D eigenvalue weighted by molar-refractivity contribution is 5.49. The first-order chi connectivity index (χ1) is 9.52. The van der Waals surface area contributed by atoms with Crippen LogP contribution in [0.25, 0.3) is 0 Å². The summed E-state index contributed by atoms with van der Waals surface area (Å²) in [6, 6.07) is 5.04. The van der Waals surface area contributed by atoms with Gasteiger partial charge in [-0.2, -0.15) is 4.98 Å². The van der Waals surface area contributed by atoms with Crippen LogP contribution in [0.15, 0.2) is 18.2 Å². The highest BCUT2D eigenvalue weighted by Gasteiger charge is 2.13. The average molecular weight is 275 g/mol. The minimum Gasteiger partial charge on any atom is -0.435 e. The van der Waals surface area contributed by atoms with Crippen LogP contribution in [0.3, 0.4) is 0 Å². The van der Waals surface area contributed by atoms with Crippen LogP contribution < -0.4 is 10.1 Å². The number of hydrogen-bond acceptors (Lipinski definition) is 4. The summed E-state index contributed by atoms with van der Waals surface area (Å²) in [6.07, 6.45) is 0. The molecule has 2 rings (SSSR count). The monoisotopic (exact) mass is 275 g/mol. The Kier molecular flexibility index (Phi) is 4.17. The summed E-state index contributed by atoms with van der Waals surface area (Å²) in [7, 11) is 0. The molecular weight excluding hydrogens is 257 g/mol. The molecule has 0 bridgehead atoms. The lowest BCUT2D eigenvalue weighted by Gasteiger charge is -2.13. The summed E-state index contributed by atoms with van der Waals surface area (Å²) in [5.41, 5.74) is 1.30. The molecule has 106 valence electrons. The second-order valence-electron chi connectivity index (χ2n) is 4.57. The number of hydrogen-bond donors (Lipinski definition) is 1. The highest BCUT2D eigenvalue weighted by Crippen LogP contribution is 2.29. The zero-order valence-corrected chi connectivity index (χ0v) is 12.1. The van der Waals surface area contributed by atoms with Crippen molar-refractivity contribution in [2.45, 2.75) is 27.7 Å². The lowest BCUT2D eigenvalue weighted by Crippen LogP contribution is -2.06. The Hall–Kier alpha value is -2.17. The van der Waals surface area contributed by atoms with Crippen molar-refractivity contribution >= 4 is 5.82 Å². The average Bonchev–Trinajstić information content (AvgIpc) is 2.40. The van der Waals surface area contributed by atoms with Gasteiger partial charge in [-0.05, 0) is 39.3 Å². The highest BCUT2D eigenvalue weighted by atomic mass is 19.1. The van der Waals surface area contributed by atoms with Crippen molar-refractivity contribution in [1.82, 2.24) is 9.97 Å². The largest absolute Gasteiger partial charge is 0.435 e. The predicted octanol–water partition coefficient (Wildman–Crippen LogP) is 3.77. The summed E-state index contributed by atoms with van der Waals surface area (Å²) in [6.45, 7) is 8.05. The molecule has 1 aromatic heterocycles. The van der Waals surface area contributed by atoms with E-state index in [0.29, 0.717) is 23.1 Å². The van der Waals surface area contributed by atoms with Gasteiger partial charge in [-0.3, -0.25) is 0 Å². The summed E-state index contributed by atoms with van der Waals surface area (Å²) in [5.74, 6) is 1.47. The number of rotatable bonds is 4. The van der Waals surface area contributed by atoms with Crippen LogP contribution in [-0.2, 0) is 0 Å². The maximum atomic E-state index is 14.0. The van der Waals surface area contributed by atoms with Gasteiger partial charge in [0.2, 0.25) is 5.88 Å². The number of anilines is 1. The van der Waals surface area contributed by atoms with Gasteiger partial charge < -0.3 is 10.1 Å². The Balaban J connectivity index is 2.40. The van der Waals surface area contributed by atoms with E-state index < -0.39 is 0 Å². The smallest absolute Gasteiger partial charge is 0.227 e. The first-order valence-electron chi connectivity index (χ1n) is 6.55. The molecule has 20 heavy (non-hydrogen) atoms. The van der Waals surface area contributed by atoms with E-state index in [2.05, 4.69) is 15.3 Å². The van der Waals surface area contributed by atoms with E-state index in [0.717, 1.165) is 12.1 Å². The van der Waals surface area contributed by atoms with E-state index in [1.807, 2.05) is 13.8 Å². The molecule has 0 aliphatic carbocycles. The quantitative estimate of drug-likeness (QED) is 0.922. The maximum Gasteiger partial charge on any atom is 0.227 e. The van der Waals surface area contributed by atoms with Crippen molar-refractivity contribution in [3.63, 3.8) is 0 Å². The van der Waals surface area contributed by atoms with E-state index in [1.54, 1.807) is 32.0 Å². The first-order valence-corrected chi connectivity index (χ1v) is 6.55. The van der Waals surface area contributed by atoms with E-state index in [9.17, 15) is 4.39 Å². The number of aryl methyl sites for hydroxylation is 2. The fraction of sp³-hybridized carbons (Fsp3) is 0.333. The Labute approximate surface area is 118 Å². The van der Waals surface area contributed by atoms with E-state index in [-0.39, 0.29) is 11.6 Å². The van der Waals surface area contributed by atoms with Gasteiger partial charge in [0.15, 0.2) is 11.6 Å². The van der Waals surface area contributed by atoms with Crippen LogP contribution >= 0.6 is 0 Å². The topological polar surface area (TPSA) is 47.0 Å². The molecule has 1 heterocycles. The normalized spacial score (nSPS) is 10.4. The Morgan fingerprint density at radius 1 is 1.20 bits per heavy atom. The van der Waals surface area contributed by atoms with Crippen molar-refractivity contribution in [2.75, 3.05) is 11.9 Å². The molecule has 5 heteroatoms. The summed E-state index contributed by atoms with van der Waals surface area (Å²) >= 11 is 0. The van der Waals surface area contributed by atoms with E-state index in [1.165, 1.54) is 0 Å². The molecule has 0 aliphatic rings. The van der Waals surface area contributed by atoms with Crippen molar-refractivity contribution in [3.8, 4) is 11.6 Å². The van der Waals surface area contributed by atoms with E-state index in [4.69, 9.17) is 4.74 Å². The summed E-state index contributed by atoms with van der Waals surface area (Å²) in [4.78, 5) is 8.55. The van der Waals surface area contributed by atoms with Crippen LogP contribution in [-0.4, -0.2) is 16.5 Å². The van der Waals surface area contributed by atoms with Crippen molar-refractivity contribution in [3.05, 3.63) is 41.0 Å². The van der Waals surface area contributed by atoms with Crippen LogP contribution in [0.2, 0.25) is 0 Å². The van der Waals surface area contributed by atoms with Crippen LogP contribution in [0, 0.1) is 26.6 Å². The molecule has 0 saturated carbocycles.